The standard InChI is InChI=1S/C24H26N2O4/c1-3-15(2)22(24(28)29)26-23(27)19-10-11-20(25)21(13-19)30-14-16-8-9-17-6-4-5-7-18(17)12-16/h4-13,15,22H,3,14,25H2,1-2H3,(H,26,27)(H,28,29)/t15-,22-/m0/s1. The van der Waals surface area contributed by atoms with Gasteiger partial charge in [0.15, 0.2) is 0 Å². The van der Waals surface area contributed by atoms with E-state index in [2.05, 4.69) is 5.32 Å². The Hall–Kier alpha value is -3.54. The van der Waals surface area contributed by atoms with Gasteiger partial charge in [-0.1, -0.05) is 56.7 Å². The number of benzene rings is 3. The zero-order valence-corrected chi connectivity index (χ0v) is 17.1. The summed E-state index contributed by atoms with van der Waals surface area (Å²) >= 11 is 0. The van der Waals surface area contributed by atoms with Crippen molar-refractivity contribution in [2.45, 2.75) is 32.9 Å². The fourth-order valence-corrected chi connectivity index (χ4v) is 3.20. The lowest BCUT2D eigenvalue weighted by Gasteiger charge is -2.20. The molecule has 0 aliphatic heterocycles. The molecular weight excluding hydrogens is 380 g/mol. The molecule has 3 aromatic rings. The van der Waals surface area contributed by atoms with Gasteiger partial charge in [0.05, 0.1) is 5.69 Å². The van der Waals surface area contributed by atoms with Crippen LogP contribution in [-0.4, -0.2) is 23.0 Å². The molecule has 3 aromatic carbocycles. The number of aliphatic carboxylic acids is 1. The molecule has 0 bridgehead atoms. The van der Waals surface area contributed by atoms with Gasteiger partial charge in [-0.2, -0.15) is 0 Å². The van der Waals surface area contributed by atoms with Crippen LogP contribution in [0.3, 0.4) is 0 Å². The molecule has 0 unspecified atom stereocenters. The first-order valence-electron chi connectivity index (χ1n) is 9.92. The molecule has 4 N–H and O–H groups in total. The number of nitrogen functional groups attached to an aromatic ring is 1. The van der Waals surface area contributed by atoms with E-state index in [1.54, 1.807) is 25.1 Å². The molecular formula is C24H26N2O4. The van der Waals surface area contributed by atoms with Crippen molar-refractivity contribution in [1.82, 2.24) is 5.32 Å². The average molecular weight is 406 g/mol. The van der Waals surface area contributed by atoms with E-state index in [0.717, 1.165) is 16.3 Å². The number of amides is 1. The van der Waals surface area contributed by atoms with Crippen LogP contribution in [-0.2, 0) is 11.4 Å². The molecule has 0 aromatic heterocycles. The van der Waals surface area contributed by atoms with Crippen LogP contribution in [0.25, 0.3) is 10.8 Å². The summed E-state index contributed by atoms with van der Waals surface area (Å²) in [7, 11) is 0. The molecule has 0 saturated heterocycles. The number of nitrogens with two attached hydrogens (primary N) is 1. The molecule has 0 fully saturated rings. The smallest absolute Gasteiger partial charge is 0.326 e. The zero-order chi connectivity index (χ0) is 21.7. The van der Waals surface area contributed by atoms with Gasteiger partial charge in [0.2, 0.25) is 0 Å². The Balaban J connectivity index is 1.73. The predicted molar refractivity (Wildman–Crippen MR) is 117 cm³/mol. The third-order valence-corrected chi connectivity index (χ3v) is 5.25. The predicted octanol–water partition coefficient (Wildman–Crippen LogP) is 4.23. The van der Waals surface area contributed by atoms with E-state index in [-0.39, 0.29) is 5.92 Å². The Morgan fingerprint density at radius 1 is 1.07 bits per heavy atom. The van der Waals surface area contributed by atoms with Crippen LogP contribution >= 0.6 is 0 Å². The molecule has 30 heavy (non-hydrogen) atoms. The van der Waals surface area contributed by atoms with Crippen LogP contribution in [0.2, 0.25) is 0 Å². The van der Waals surface area contributed by atoms with Crippen molar-refractivity contribution in [1.29, 1.82) is 0 Å². The molecule has 0 aliphatic rings. The normalized spacial score (nSPS) is 12.9. The van der Waals surface area contributed by atoms with E-state index < -0.39 is 17.9 Å². The Kier molecular flexibility index (Phi) is 6.57. The van der Waals surface area contributed by atoms with Crippen molar-refractivity contribution in [3.63, 3.8) is 0 Å². The van der Waals surface area contributed by atoms with Crippen LogP contribution < -0.4 is 15.8 Å². The van der Waals surface area contributed by atoms with Gasteiger partial charge < -0.3 is 20.9 Å². The molecule has 2 atom stereocenters. The average Bonchev–Trinajstić information content (AvgIpc) is 2.75. The highest BCUT2D eigenvalue weighted by Crippen LogP contribution is 2.25. The lowest BCUT2D eigenvalue weighted by Crippen LogP contribution is -2.45. The number of hydrogen-bond acceptors (Lipinski definition) is 4. The number of carbonyl (C=O) groups is 2. The summed E-state index contributed by atoms with van der Waals surface area (Å²) in [6, 6.07) is 17.9. The minimum Gasteiger partial charge on any atom is -0.487 e. The van der Waals surface area contributed by atoms with Crippen molar-refractivity contribution in [2.75, 3.05) is 5.73 Å². The molecule has 0 spiro atoms. The second-order valence-electron chi connectivity index (χ2n) is 7.40. The van der Waals surface area contributed by atoms with E-state index in [0.29, 0.717) is 30.0 Å². The lowest BCUT2D eigenvalue weighted by molar-refractivity contribution is -0.140. The number of carboxylic acids is 1. The summed E-state index contributed by atoms with van der Waals surface area (Å²) in [5.74, 6) is -1.34. The van der Waals surface area contributed by atoms with Crippen LogP contribution in [0, 0.1) is 5.92 Å². The molecule has 6 nitrogen and oxygen atoms in total. The Labute approximate surface area is 175 Å². The monoisotopic (exact) mass is 406 g/mol. The first-order valence-corrected chi connectivity index (χ1v) is 9.92. The Morgan fingerprint density at radius 3 is 2.50 bits per heavy atom. The van der Waals surface area contributed by atoms with Gasteiger partial charge in [-0.3, -0.25) is 4.79 Å². The van der Waals surface area contributed by atoms with E-state index in [1.807, 2.05) is 49.4 Å². The van der Waals surface area contributed by atoms with Crippen LogP contribution in [0.5, 0.6) is 5.75 Å². The number of fused-ring (bicyclic) bond motifs is 1. The van der Waals surface area contributed by atoms with E-state index >= 15 is 0 Å². The van der Waals surface area contributed by atoms with Crippen LogP contribution in [0.1, 0.15) is 36.2 Å². The maximum absolute atomic E-state index is 12.6. The van der Waals surface area contributed by atoms with Gasteiger partial charge in [0.25, 0.3) is 5.91 Å². The molecule has 0 radical (unpaired) electrons. The highest BCUT2D eigenvalue weighted by molar-refractivity contribution is 5.97. The number of nitrogens with one attached hydrogen (secondary N) is 1. The van der Waals surface area contributed by atoms with Gasteiger partial charge in [-0.25, -0.2) is 4.79 Å². The van der Waals surface area contributed by atoms with Crippen molar-refractivity contribution in [3.05, 3.63) is 71.8 Å². The number of carboxylic acid groups (broad SMARTS) is 1. The first-order chi connectivity index (χ1) is 14.4. The van der Waals surface area contributed by atoms with Crippen molar-refractivity contribution in [2.24, 2.45) is 5.92 Å². The topological polar surface area (TPSA) is 102 Å². The first kappa shape index (κ1) is 21.2. The second-order valence-corrected chi connectivity index (χ2v) is 7.40. The molecule has 1 amide bonds. The Morgan fingerprint density at radius 2 is 1.80 bits per heavy atom. The largest absolute Gasteiger partial charge is 0.487 e. The molecule has 6 heteroatoms. The Bertz CT molecular complexity index is 1060. The number of ether oxygens (including phenoxy) is 1. The quantitative estimate of drug-likeness (QED) is 0.486. The molecule has 156 valence electrons. The molecule has 0 heterocycles. The van der Waals surface area contributed by atoms with Gasteiger partial charge in [0.1, 0.15) is 18.4 Å². The fraction of sp³-hybridized carbons (Fsp3) is 0.250. The van der Waals surface area contributed by atoms with Crippen molar-refractivity contribution in [3.8, 4) is 5.75 Å². The number of carbonyl (C=O) groups excluding carboxylic acids is 1. The maximum atomic E-state index is 12.6. The van der Waals surface area contributed by atoms with Crippen LogP contribution in [0.15, 0.2) is 60.7 Å². The second kappa shape index (κ2) is 9.31. The number of rotatable bonds is 8. The van der Waals surface area contributed by atoms with Gasteiger partial charge >= 0.3 is 5.97 Å². The fourth-order valence-electron chi connectivity index (χ4n) is 3.20. The van der Waals surface area contributed by atoms with E-state index in [9.17, 15) is 14.7 Å². The number of anilines is 1. The summed E-state index contributed by atoms with van der Waals surface area (Å²) in [6.07, 6.45) is 0.638. The van der Waals surface area contributed by atoms with E-state index in [4.69, 9.17) is 10.5 Å². The molecule has 0 aliphatic carbocycles. The van der Waals surface area contributed by atoms with Gasteiger partial charge in [-0.05, 0) is 46.5 Å². The zero-order valence-electron chi connectivity index (χ0n) is 17.1. The maximum Gasteiger partial charge on any atom is 0.326 e. The van der Waals surface area contributed by atoms with Crippen LogP contribution in [0.4, 0.5) is 5.69 Å². The van der Waals surface area contributed by atoms with Crippen molar-refractivity contribution < 1.29 is 19.4 Å². The van der Waals surface area contributed by atoms with E-state index in [1.165, 1.54) is 0 Å². The summed E-state index contributed by atoms with van der Waals surface area (Å²) in [4.78, 5) is 24.1. The van der Waals surface area contributed by atoms with Crippen molar-refractivity contribution >= 4 is 28.3 Å². The summed E-state index contributed by atoms with van der Waals surface area (Å²) in [5, 5.41) is 14.2. The summed E-state index contributed by atoms with van der Waals surface area (Å²) in [5.41, 5.74) is 7.70. The van der Waals surface area contributed by atoms with Gasteiger partial charge in [0, 0.05) is 5.56 Å². The number of hydrogen-bond donors (Lipinski definition) is 3. The highest BCUT2D eigenvalue weighted by Gasteiger charge is 2.26. The van der Waals surface area contributed by atoms with Gasteiger partial charge in [-0.15, -0.1) is 0 Å². The minimum absolute atomic E-state index is 0.191. The third-order valence-electron chi connectivity index (χ3n) is 5.25. The summed E-state index contributed by atoms with van der Waals surface area (Å²) < 4.78 is 5.86. The lowest BCUT2D eigenvalue weighted by atomic mass is 9.99. The minimum atomic E-state index is -1.05. The molecule has 0 saturated carbocycles. The molecule has 3 rings (SSSR count). The summed E-state index contributed by atoms with van der Waals surface area (Å²) in [6.45, 7) is 3.97. The SMILES string of the molecule is CC[C@H](C)[C@H](NC(=O)c1ccc(N)c(OCc2ccc3ccccc3c2)c1)C(=O)O. The third kappa shape index (κ3) is 4.89. The highest BCUT2D eigenvalue weighted by atomic mass is 16.5.